The van der Waals surface area contributed by atoms with Crippen LogP contribution >= 0.6 is 21.6 Å². The molecule has 11 unspecified atom stereocenters. The molecule has 0 amide bonds. The number of hydrogen-bond acceptors (Lipinski definition) is 15. The van der Waals surface area contributed by atoms with Gasteiger partial charge < -0.3 is 55.9 Å². The molecule has 13 rings (SSSR count). The van der Waals surface area contributed by atoms with Crippen molar-refractivity contribution in [3.8, 4) is 5.75 Å². The van der Waals surface area contributed by atoms with Gasteiger partial charge >= 0.3 is 0 Å². The molecule has 2 aromatic carbocycles. The maximum absolute atomic E-state index is 15.9. The Bertz CT molecular complexity index is 2550. The molecule has 11 atom stereocenters. The van der Waals surface area contributed by atoms with Crippen LogP contribution in [0.15, 0.2) is 112 Å². The van der Waals surface area contributed by atoms with Crippen molar-refractivity contribution in [3.05, 3.63) is 134 Å². The summed E-state index contributed by atoms with van der Waals surface area (Å²) in [6.45, 7) is -0.563. The zero-order valence-corrected chi connectivity index (χ0v) is 36.7. The molecule has 12 bridgehead atoms. The van der Waals surface area contributed by atoms with Gasteiger partial charge in [-0.15, -0.1) is 0 Å². The highest BCUT2D eigenvalue weighted by molar-refractivity contribution is 8.77. The summed E-state index contributed by atoms with van der Waals surface area (Å²) >= 11 is 0. The molecule has 9 N–H and O–H groups in total. The number of benzene rings is 2. The van der Waals surface area contributed by atoms with E-state index < -0.39 is 70.4 Å². The molecule has 1 saturated heterocycles. The molecule has 6 heterocycles. The first-order valence-electron chi connectivity index (χ1n) is 22.3. The molecule has 0 radical (unpaired) electrons. The van der Waals surface area contributed by atoms with Crippen LogP contribution < -0.4 is 15.4 Å². The summed E-state index contributed by atoms with van der Waals surface area (Å²) in [6, 6.07) is 12.0. The van der Waals surface area contributed by atoms with Crippen LogP contribution in [0.3, 0.4) is 0 Å². The van der Waals surface area contributed by atoms with E-state index in [1.54, 1.807) is 18.2 Å². The highest BCUT2D eigenvalue weighted by Gasteiger charge is 2.66. The van der Waals surface area contributed by atoms with Gasteiger partial charge in [-0.05, 0) is 102 Å². The maximum atomic E-state index is 15.9. The van der Waals surface area contributed by atoms with Crippen molar-refractivity contribution in [1.82, 2.24) is 10.6 Å². The fraction of sp³-hybridized carbons (Fsp3) is 0.469. The number of carbonyl (C=O) groups excluding carboxylic acids is 2. The van der Waals surface area contributed by atoms with E-state index in [-0.39, 0.29) is 66.4 Å². The van der Waals surface area contributed by atoms with E-state index in [9.17, 15) is 35.7 Å². The zero-order chi connectivity index (χ0) is 44.3. The zero-order valence-electron chi connectivity index (χ0n) is 35.0. The number of hydrogen-bond donors (Lipinski definition) is 9. The smallest absolute Gasteiger partial charge is 0.229 e. The lowest BCUT2D eigenvalue weighted by atomic mass is 9.54. The molecule has 336 valence electrons. The van der Waals surface area contributed by atoms with Gasteiger partial charge in [-0.25, -0.2) is 0 Å². The van der Waals surface area contributed by atoms with Crippen LogP contribution in [0.2, 0.25) is 0 Å². The minimum absolute atomic E-state index is 0.0295. The van der Waals surface area contributed by atoms with Gasteiger partial charge in [-0.1, -0.05) is 82.6 Å². The summed E-state index contributed by atoms with van der Waals surface area (Å²) in [7, 11) is 2.96. The summed E-state index contributed by atoms with van der Waals surface area (Å²) in [5.41, 5.74) is 2.78. The fourth-order valence-electron chi connectivity index (χ4n) is 12.7. The number of ketones is 2. The number of carbonyl (C=O) groups is 2. The monoisotopic (exact) mass is 908 g/mol. The van der Waals surface area contributed by atoms with E-state index in [0.29, 0.717) is 36.9 Å². The van der Waals surface area contributed by atoms with Gasteiger partial charge in [0.15, 0.2) is 11.6 Å². The summed E-state index contributed by atoms with van der Waals surface area (Å²) in [6.07, 6.45) is 4.87. The van der Waals surface area contributed by atoms with Crippen molar-refractivity contribution in [2.75, 3.05) is 19.8 Å². The van der Waals surface area contributed by atoms with Crippen LogP contribution in [0.25, 0.3) is 0 Å². The number of aliphatic hydroxyl groups excluding tert-OH is 6. The Morgan fingerprint density at radius 1 is 0.969 bits per heavy atom. The predicted octanol–water partition coefficient (Wildman–Crippen LogP) is 4.36. The van der Waals surface area contributed by atoms with Gasteiger partial charge in [0, 0.05) is 35.0 Å². The summed E-state index contributed by atoms with van der Waals surface area (Å²) in [4.78, 5) is 31.2. The van der Waals surface area contributed by atoms with E-state index in [1.165, 1.54) is 39.3 Å². The average Bonchev–Trinajstić information content (AvgIpc) is 3.94. The van der Waals surface area contributed by atoms with Gasteiger partial charge in [0.2, 0.25) is 6.29 Å². The highest BCUT2D eigenvalue weighted by Crippen LogP contribution is 2.68. The molecule has 2 saturated carbocycles. The van der Waals surface area contributed by atoms with E-state index >= 15 is 9.59 Å². The van der Waals surface area contributed by atoms with Gasteiger partial charge in [0.1, 0.15) is 52.0 Å². The predicted molar refractivity (Wildman–Crippen MR) is 239 cm³/mol. The molecule has 64 heavy (non-hydrogen) atoms. The van der Waals surface area contributed by atoms with Crippen LogP contribution in [0.1, 0.15) is 76.8 Å². The van der Waals surface area contributed by atoms with Crippen LogP contribution in [-0.4, -0.2) is 108 Å². The molecule has 6 aliphatic heterocycles. The first-order chi connectivity index (χ1) is 31.0. The Morgan fingerprint density at radius 2 is 1.80 bits per heavy atom. The number of dihydropyridines is 2. The highest BCUT2D eigenvalue weighted by atomic mass is 33.1. The SMILES string of the molecule is O=C1c2cccc3c2C(=O)C2(C(O)=CC(Cc4cccc(CO)c4)=CC12)C(CCCO)SSC1NC2=C4C(=CCN2)C2(CCCC2C2=CCC1=C24)CC1(O)C(O)C(CO)OC(O3)C1O. The molecule has 0 aromatic heterocycles. The molecular formula is C49H52N2O11S2. The van der Waals surface area contributed by atoms with Crippen molar-refractivity contribution in [3.63, 3.8) is 0 Å². The number of ether oxygens (including phenoxy) is 2. The normalized spacial score (nSPS) is 37.0. The molecule has 11 aliphatic rings. The van der Waals surface area contributed by atoms with E-state index in [1.807, 2.05) is 24.3 Å². The van der Waals surface area contributed by atoms with Crippen molar-refractivity contribution in [2.24, 2.45) is 22.7 Å². The van der Waals surface area contributed by atoms with Gasteiger partial charge in [-0.2, -0.15) is 0 Å². The second-order valence-corrected chi connectivity index (χ2v) is 21.3. The molecule has 15 heteroatoms. The van der Waals surface area contributed by atoms with Crippen molar-refractivity contribution < 1.29 is 54.8 Å². The third-order valence-electron chi connectivity index (χ3n) is 15.5. The summed E-state index contributed by atoms with van der Waals surface area (Å²) < 4.78 is 12.6. The summed E-state index contributed by atoms with van der Waals surface area (Å²) in [5, 5.41) is 87.1. The number of Topliss-reactive ketones (excluding diaryl/α,β-unsaturated/α-hetero) is 2. The van der Waals surface area contributed by atoms with Crippen LogP contribution in [-0.2, 0) is 17.8 Å². The largest absolute Gasteiger partial charge is 0.511 e. The first-order valence-corrected chi connectivity index (χ1v) is 24.6. The second kappa shape index (κ2) is 15.7. The Kier molecular flexibility index (Phi) is 10.4. The average molecular weight is 909 g/mol. The van der Waals surface area contributed by atoms with Gasteiger partial charge in [-0.3, -0.25) is 9.59 Å². The fourth-order valence-corrected chi connectivity index (χ4v) is 16.2. The molecule has 13 nitrogen and oxygen atoms in total. The Morgan fingerprint density at radius 3 is 2.61 bits per heavy atom. The van der Waals surface area contributed by atoms with Crippen LogP contribution in [0.4, 0.5) is 0 Å². The lowest BCUT2D eigenvalue weighted by Crippen LogP contribution is -2.69. The molecule has 2 spiro atoms. The lowest BCUT2D eigenvalue weighted by molar-refractivity contribution is -0.320. The van der Waals surface area contributed by atoms with E-state index in [2.05, 4.69) is 22.8 Å². The number of allylic oxidation sites excluding steroid dienone is 9. The minimum Gasteiger partial charge on any atom is -0.511 e. The maximum Gasteiger partial charge on any atom is 0.229 e. The number of nitrogens with one attached hydrogen (secondary N) is 2. The molecular weight excluding hydrogens is 857 g/mol. The quantitative estimate of drug-likeness (QED) is 0.177. The van der Waals surface area contributed by atoms with E-state index in [0.717, 1.165) is 46.5 Å². The minimum atomic E-state index is -2.27. The first kappa shape index (κ1) is 42.5. The Hall–Kier alpha value is -4.16. The second-order valence-electron chi connectivity index (χ2n) is 18.7. The standard InChI is InChI=1S/C49H52N2O11S2/c52-16-4-10-36-49-32(19-26(20-35(49)55)18-24-5-1-6-25(17-24)21-53)40(56)28-7-2-9-33(38(28)42(49)58)61-46-43(59)48(60,41(57)34(22-54)62-46)23-47-14-3-8-30(47)27-11-12-29-37(27)39-31(47)13-15-50-44(39)51-45(29)64-63-36/h1-2,5-7,9,11,13,17,19-20,30,32,34,36,41,43,45-46,50-55,57,59-60H,3-4,8,10,12,14-16,18,21-23H2. The topological polar surface area (TPSA) is 218 Å². The molecule has 2 aromatic rings. The van der Waals surface area contributed by atoms with Crippen molar-refractivity contribution in [1.29, 1.82) is 0 Å². The number of rotatable bonds is 7. The van der Waals surface area contributed by atoms with Crippen molar-refractivity contribution >= 4 is 33.2 Å². The van der Waals surface area contributed by atoms with Crippen molar-refractivity contribution in [2.45, 2.75) is 98.8 Å². The summed E-state index contributed by atoms with van der Waals surface area (Å²) in [5.74, 6) is -1.82. The third-order valence-corrected chi connectivity index (χ3v) is 18.7. The Labute approximate surface area is 378 Å². The van der Waals surface area contributed by atoms with Crippen LogP contribution in [0.5, 0.6) is 5.75 Å². The van der Waals surface area contributed by atoms with Gasteiger partial charge in [0.05, 0.1) is 24.7 Å². The van der Waals surface area contributed by atoms with E-state index in [4.69, 9.17) is 9.47 Å². The molecule has 5 aliphatic carbocycles. The Balaban J connectivity index is 1.11. The lowest BCUT2D eigenvalue weighted by Gasteiger charge is -2.55. The van der Waals surface area contributed by atoms with Gasteiger partial charge in [0.25, 0.3) is 0 Å². The molecule has 3 fully saturated rings. The third kappa shape index (κ3) is 5.98. The van der Waals surface area contributed by atoms with Crippen LogP contribution in [0, 0.1) is 22.7 Å². The number of aliphatic hydroxyl groups is 7.